The summed E-state index contributed by atoms with van der Waals surface area (Å²) in [7, 11) is -3.34. The fourth-order valence-corrected chi connectivity index (χ4v) is 6.18. The summed E-state index contributed by atoms with van der Waals surface area (Å²) >= 11 is 3.56. The largest absolute Gasteiger partial charge is 0.387 e. The zero-order chi connectivity index (χ0) is 27.6. The van der Waals surface area contributed by atoms with Crippen LogP contribution in [0.4, 0.5) is 0 Å². The summed E-state index contributed by atoms with van der Waals surface area (Å²) in [5.74, 6) is 0.0162. The van der Waals surface area contributed by atoms with Crippen LogP contribution in [0.25, 0.3) is 21.9 Å². The summed E-state index contributed by atoms with van der Waals surface area (Å²) in [6, 6.07) is 31.7. The molecule has 0 radical (unpaired) electrons. The standard InChI is InChI=1S/C32H28BrNO4S/c1-2-39(37,38)26-16-13-23(14-17-26)21-34-31(29(35)19-22-9-5-3-6-10-22)30(24-11-7-4-8-12-24)28-20-25(33)15-18-27(28)32(34)36/h3-18,20,29,35H,2,19,21H2,1H3. The van der Waals surface area contributed by atoms with Crippen molar-refractivity contribution < 1.29 is 13.5 Å². The number of aliphatic hydroxyl groups is 1. The maximum Gasteiger partial charge on any atom is 0.259 e. The molecule has 0 amide bonds. The molecule has 1 unspecified atom stereocenters. The van der Waals surface area contributed by atoms with Crippen LogP contribution in [-0.4, -0.2) is 23.8 Å². The van der Waals surface area contributed by atoms with Gasteiger partial charge in [0.1, 0.15) is 0 Å². The normalized spacial score (nSPS) is 12.5. The Kier molecular flexibility index (Phi) is 7.84. The summed E-state index contributed by atoms with van der Waals surface area (Å²) in [6.07, 6.45) is -0.647. The maximum atomic E-state index is 14.0. The molecular weight excluding hydrogens is 574 g/mol. The van der Waals surface area contributed by atoms with E-state index in [2.05, 4.69) is 15.9 Å². The Balaban J connectivity index is 1.75. The average molecular weight is 603 g/mol. The molecule has 0 saturated carbocycles. The number of pyridine rings is 1. The van der Waals surface area contributed by atoms with Crippen LogP contribution in [-0.2, 0) is 22.8 Å². The van der Waals surface area contributed by atoms with E-state index in [1.165, 1.54) is 0 Å². The quantitative estimate of drug-likeness (QED) is 0.219. The van der Waals surface area contributed by atoms with Crippen molar-refractivity contribution in [2.24, 2.45) is 0 Å². The minimum Gasteiger partial charge on any atom is -0.387 e. The first kappa shape index (κ1) is 27.1. The molecule has 1 heterocycles. The molecule has 1 N–H and O–H groups in total. The summed E-state index contributed by atoms with van der Waals surface area (Å²) in [4.78, 5) is 14.3. The fourth-order valence-electron chi connectivity index (χ4n) is 4.93. The van der Waals surface area contributed by atoms with Gasteiger partial charge in [-0.1, -0.05) is 95.7 Å². The molecule has 5 rings (SSSR count). The van der Waals surface area contributed by atoms with E-state index in [0.29, 0.717) is 17.5 Å². The van der Waals surface area contributed by atoms with Crippen LogP contribution in [0.1, 0.15) is 29.8 Å². The minimum atomic E-state index is -3.34. The van der Waals surface area contributed by atoms with Crippen LogP contribution < -0.4 is 5.56 Å². The van der Waals surface area contributed by atoms with E-state index in [1.807, 2.05) is 72.8 Å². The third-order valence-corrected chi connectivity index (χ3v) is 9.17. The summed E-state index contributed by atoms with van der Waals surface area (Å²) in [5.41, 5.74) is 3.69. The van der Waals surface area contributed by atoms with E-state index >= 15 is 0 Å². The highest BCUT2D eigenvalue weighted by Gasteiger charge is 2.24. The van der Waals surface area contributed by atoms with Gasteiger partial charge in [0.2, 0.25) is 0 Å². The van der Waals surface area contributed by atoms with Gasteiger partial charge in [0.25, 0.3) is 5.56 Å². The van der Waals surface area contributed by atoms with Crippen LogP contribution in [0.2, 0.25) is 0 Å². The number of benzene rings is 4. The van der Waals surface area contributed by atoms with Gasteiger partial charge in [-0.3, -0.25) is 4.79 Å². The van der Waals surface area contributed by atoms with Crippen molar-refractivity contribution in [3.63, 3.8) is 0 Å². The van der Waals surface area contributed by atoms with E-state index in [4.69, 9.17) is 0 Å². The lowest BCUT2D eigenvalue weighted by Gasteiger charge is -2.24. The second kappa shape index (κ2) is 11.3. The molecule has 1 atom stereocenters. The third kappa shape index (κ3) is 5.62. The molecule has 0 bridgehead atoms. The molecule has 0 aliphatic heterocycles. The Morgan fingerprint density at radius 2 is 1.46 bits per heavy atom. The smallest absolute Gasteiger partial charge is 0.259 e. The highest BCUT2D eigenvalue weighted by atomic mass is 79.9. The second-order valence-corrected chi connectivity index (χ2v) is 12.7. The second-order valence-electron chi connectivity index (χ2n) is 9.46. The fraction of sp³-hybridized carbons (Fsp3) is 0.156. The van der Waals surface area contributed by atoms with Gasteiger partial charge in [0.15, 0.2) is 9.84 Å². The van der Waals surface area contributed by atoms with Crippen LogP contribution in [0.3, 0.4) is 0 Å². The van der Waals surface area contributed by atoms with Gasteiger partial charge < -0.3 is 9.67 Å². The summed E-state index contributed by atoms with van der Waals surface area (Å²) < 4.78 is 27.1. The molecule has 4 aromatic carbocycles. The molecule has 0 spiro atoms. The number of hydrogen-bond acceptors (Lipinski definition) is 4. The van der Waals surface area contributed by atoms with Gasteiger partial charge in [0, 0.05) is 21.8 Å². The van der Waals surface area contributed by atoms with Crippen LogP contribution in [0, 0.1) is 0 Å². The van der Waals surface area contributed by atoms with E-state index in [1.54, 1.807) is 41.8 Å². The molecule has 0 aliphatic carbocycles. The number of nitrogens with zero attached hydrogens (tertiary/aromatic N) is 1. The van der Waals surface area contributed by atoms with Crippen molar-refractivity contribution in [1.29, 1.82) is 0 Å². The Hall–Kier alpha value is -3.52. The van der Waals surface area contributed by atoms with Crippen molar-refractivity contribution in [2.75, 3.05) is 5.75 Å². The Labute approximate surface area is 236 Å². The van der Waals surface area contributed by atoms with Gasteiger partial charge in [-0.2, -0.15) is 0 Å². The van der Waals surface area contributed by atoms with Crippen molar-refractivity contribution in [2.45, 2.75) is 30.9 Å². The third-order valence-electron chi connectivity index (χ3n) is 6.93. The number of hydrogen-bond donors (Lipinski definition) is 1. The molecule has 5 aromatic rings. The molecule has 198 valence electrons. The molecular formula is C32H28BrNO4S. The molecule has 1 aromatic heterocycles. The lowest BCUT2D eigenvalue weighted by atomic mass is 9.92. The molecule has 5 nitrogen and oxygen atoms in total. The van der Waals surface area contributed by atoms with Crippen molar-refractivity contribution in [1.82, 2.24) is 4.57 Å². The minimum absolute atomic E-state index is 0.0162. The lowest BCUT2D eigenvalue weighted by molar-refractivity contribution is 0.169. The first-order valence-electron chi connectivity index (χ1n) is 12.7. The molecule has 39 heavy (non-hydrogen) atoms. The number of sulfone groups is 1. The first-order chi connectivity index (χ1) is 18.8. The Bertz CT molecular complexity index is 1780. The average Bonchev–Trinajstić information content (AvgIpc) is 2.95. The van der Waals surface area contributed by atoms with Gasteiger partial charge in [0.05, 0.1) is 29.0 Å². The number of aromatic nitrogens is 1. The lowest BCUT2D eigenvalue weighted by Crippen LogP contribution is -2.28. The zero-order valence-corrected chi connectivity index (χ0v) is 23.8. The van der Waals surface area contributed by atoms with Crippen LogP contribution >= 0.6 is 15.9 Å². The summed E-state index contributed by atoms with van der Waals surface area (Å²) in [6.45, 7) is 1.79. The Morgan fingerprint density at radius 3 is 2.10 bits per heavy atom. The highest BCUT2D eigenvalue weighted by molar-refractivity contribution is 9.10. The van der Waals surface area contributed by atoms with E-state index < -0.39 is 15.9 Å². The molecule has 7 heteroatoms. The van der Waals surface area contributed by atoms with Gasteiger partial charge in [-0.15, -0.1) is 0 Å². The van der Waals surface area contributed by atoms with Crippen molar-refractivity contribution in [3.8, 4) is 11.1 Å². The monoisotopic (exact) mass is 601 g/mol. The Morgan fingerprint density at radius 1 is 0.821 bits per heavy atom. The predicted molar refractivity (Wildman–Crippen MR) is 160 cm³/mol. The van der Waals surface area contributed by atoms with Crippen molar-refractivity contribution in [3.05, 3.63) is 135 Å². The number of fused-ring (bicyclic) bond motifs is 1. The predicted octanol–water partition coefficient (Wildman–Crippen LogP) is 6.55. The van der Waals surface area contributed by atoms with Gasteiger partial charge in [-0.05, 0) is 52.4 Å². The number of rotatable bonds is 8. The molecule has 0 fully saturated rings. The topological polar surface area (TPSA) is 76.4 Å². The molecule has 0 aliphatic rings. The molecule has 0 saturated heterocycles. The van der Waals surface area contributed by atoms with Gasteiger partial charge >= 0.3 is 0 Å². The van der Waals surface area contributed by atoms with E-state index in [9.17, 15) is 18.3 Å². The maximum absolute atomic E-state index is 14.0. The summed E-state index contributed by atoms with van der Waals surface area (Å²) in [5, 5.41) is 13.1. The van der Waals surface area contributed by atoms with E-state index in [-0.39, 0.29) is 22.8 Å². The zero-order valence-electron chi connectivity index (χ0n) is 21.4. The van der Waals surface area contributed by atoms with Crippen LogP contribution in [0.15, 0.2) is 117 Å². The van der Waals surface area contributed by atoms with Crippen LogP contribution in [0.5, 0.6) is 0 Å². The first-order valence-corrected chi connectivity index (χ1v) is 15.2. The van der Waals surface area contributed by atoms with E-state index in [0.717, 1.165) is 32.1 Å². The number of aliphatic hydroxyl groups excluding tert-OH is 1. The SMILES string of the molecule is CCS(=O)(=O)c1ccc(Cn2c(C(O)Cc3ccccc3)c(-c3ccccc3)c3cc(Br)ccc3c2=O)cc1. The highest BCUT2D eigenvalue weighted by Crippen LogP contribution is 2.36. The van der Waals surface area contributed by atoms with Gasteiger partial charge in [-0.25, -0.2) is 8.42 Å². The number of halogens is 1. The van der Waals surface area contributed by atoms with Crippen molar-refractivity contribution >= 4 is 36.5 Å².